The second kappa shape index (κ2) is 10.7. The molecule has 0 aliphatic carbocycles. The van der Waals surface area contributed by atoms with Crippen LogP contribution in [0.5, 0.6) is 11.5 Å². The zero-order valence-electron chi connectivity index (χ0n) is 17.7. The molecule has 3 nitrogen and oxygen atoms in total. The third-order valence-electron chi connectivity index (χ3n) is 4.87. The highest BCUT2D eigenvalue weighted by Gasteiger charge is 2.08. The Kier molecular flexibility index (Phi) is 7.94. The molecule has 160 valence electrons. The maximum atomic E-state index is 12.5. The van der Waals surface area contributed by atoms with Gasteiger partial charge >= 0.3 is 0 Å². The standard InChI is InChI=1S/C26H24BrClO3/c1-17(2)19-6-8-20(9-7-19)24(29)11-4-18-5-12-25(30-3)21(14-18)16-31-26-13-10-22(28)15-23(26)27/h4-15,17H,16H2,1-3H3/b11-4+. The van der Waals surface area contributed by atoms with Gasteiger partial charge in [-0.15, -0.1) is 0 Å². The van der Waals surface area contributed by atoms with Gasteiger partial charge in [-0.25, -0.2) is 0 Å². The number of benzene rings is 3. The van der Waals surface area contributed by atoms with Crippen molar-refractivity contribution in [3.8, 4) is 11.5 Å². The van der Waals surface area contributed by atoms with Crippen LogP contribution in [0.1, 0.15) is 46.8 Å². The number of allylic oxidation sites excluding steroid dienone is 1. The van der Waals surface area contributed by atoms with Gasteiger partial charge in [0.05, 0.1) is 11.6 Å². The lowest BCUT2D eigenvalue weighted by Gasteiger charge is -2.12. The van der Waals surface area contributed by atoms with E-state index in [0.717, 1.165) is 21.3 Å². The van der Waals surface area contributed by atoms with Crippen LogP contribution in [0.25, 0.3) is 6.08 Å². The summed E-state index contributed by atoms with van der Waals surface area (Å²) in [5.74, 6) is 1.81. The second-order valence-corrected chi connectivity index (χ2v) is 8.70. The Morgan fingerprint density at radius 3 is 2.39 bits per heavy atom. The molecule has 0 bridgehead atoms. The van der Waals surface area contributed by atoms with Crippen molar-refractivity contribution in [1.82, 2.24) is 0 Å². The van der Waals surface area contributed by atoms with E-state index in [1.807, 2.05) is 48.5 Å². The number of rotatable bonds is 8. The van der Waals surface area contributed by atoms with Crippen LogP contribution in [-0.4, -0.2) is 12.9 Å². The van der Waals surface area contributed by atoms with Crippen molar-refractivity contribution < 1.29 is 14.3 Å². The molecule has 0 unspecified atom stereocenters. The minimum atomic E-state index is -0.0333. The lowest BCUT2D eigenvalue weighted by Crippen LogP contribution is -2.00. The molecule has 0 radical (unpaired) electrons. The van der Waals surface area contributed by atoms with Crippen molar-refractivity contribution >= 4 is 39.4 Å². The number of carbonyl (C=O) groups excluding carboxylic acids is 1. The molecule has 0 atom stereocenters. The number of methoxy groups -OCH3 is 1. The van der Waals surface area contributed by atoms with E-state index in [1.54, 1.807) is 31.4 Å². The van der Waals surface area contributed by atoms with E-state index in [-0.39, 0.29) is 5.78 Å². The molecule has 0 fully saturated rings. The van der Waals surface area contributed by atoms with Gasteiger partial charge in [0.1, 0.15) is 18.1 Å². The predicted octanol–water partition coefficient (Wildman–Crippen LogP) is 7.71. The summed E-state index contributed by atoms with van der Waals surface area (Å²) in [6.07, 6.45) is 3.40. The Hall–Kier alpha value is -2.56. The topological polar surface area (TPSA) is 35.5 Å². The number of hydrogen-bond acceptors (Lipinski definition) is 3. The van der Waals surface area contributed by atoms with Gasteiger partial charge in [-0.2, -0.15) is 0 Å². The fraction of sp³-hybridized carbons (Fsp3) is 0.192. The first kappa shape index (κ1) is 23.1. The van der Waals surface area contributed by atoms with Crippen molar-refractivity contribution in [2.24, 2.45) is 0 Å². The molecule has 0 saturated heterocycles. The van der Waals surface area contributed by atoms with Crippen LogP contribution in [0.15, 0.2) is 71.2 Å². The number of ether oxygens (including phenoxy) is 2. The Labute approximate surface area is 196 Å². The first-order valence-corrected chi connectivity index (χ1v) is 11.1. The van der Waals surface area contributed by atoms with Crippen LogP contribution in [0.4, 0.5) is 0 Å². The summed E-state index contributed by atoms with van der Waals surface area (Å²) in [5.41, 5.74) is 3.65. The predicted molar refractivity (Wildman–Crippen MR) is 130 cm³/mol. The zero-order valence-corrected chi connectivity index (χ0v) is 20.0. The van der Waals surface area contributed by atoms with Gasteiger partial charge < -0.3 is 9.47 Å². The largest absolute Gasteiger partial charge is 0.496 e. The number of halogens is 2. The van der Waals surface area contributed by atoms with E-state index < -0.39 is 0 Å². The average molecular weight is 500 g/mol. The maximum absolute atomic E-state index is 12.5. The summed E-state index contributed by atoms with van der Waals surface area (Å²) < 4.78 is 12.2. The van der Waals surface area contributed by atoms with Crippen LogP contribution in [0.2, 0.25) is 5.02 Å². The summed E-state index contributed by atoms with van der Waals surface area (Å²) in [7, 11) is 1.62. The third kappa shape index (κ3) is 6.22. The summed E-state index contributed by atoms with van der Waals surface area (Å²) in [4.78, 5) is 12.5. The first-order valence-electron chi connectivity index (χ1n) is 9.94. The Bertz CT molecular complexity index is 1090. The van der Waals surface area contributed by atoms with Crippen molar-refractivity contribution in [1.29, 1.82) is 0 Å². The molecule has 0 amide bonds. The molecule has 3 rings (SSSR count). The highest BCUT2D eigenvalue weighted by molar-refractivity contribution is 9.10. The van der Waals surface area contributed by atoms with Crippen molar-refractivity contribution in [3.05, 3.63) is 98.5 Å². The molecule has 0 heterocycles. The van der Waals surface area contributed by atoms with Crippen LogP contribution < -0.4 is 9.47 Å². The Balaban J connectivity index is 1.73. The summed E-state index contributed by atoms with van der Waals surface area (Å²) in [5, 5.41) is 0.632. The van der Waals surface area contributed by atoms with E-state index in [2.05, 4.69) is 29.8 Å². The van der Waals surface area contributed by atoms with Gasteiger partial charge in [-0.3, -0.25) is 4.79 Å². The average Bonchev–Trinajstić information content (AvgIpc) is 2.77. The fourth-order valence-electron chi connectivity index (χ4n) is 3.06. The van der Waals surface area contributed by atoms with Gasteiger partial charge in [0.15, 0.2) is 5.78 Å². The molecule has 0 aromatic heterocycles. The number of hydrogen-bond donors (Lipinski definition) is 0. The highest BCUT2D eigenvalue weighted by Crippen LogP contribution is 2.30. The summed E-state index contributed by atoms with van der Waals surface area (Å²) in [6, 6.07) is 18.9. The van der Waals surface area contributed by atoms with Gasteiger partial charge in [-0.05, 0) is 69.4 Å². The second-order valence-electron chi connectivity index (χ2n) is 7.41. The van der Waals surface area contributed by atoms with Crippen LogP contribution >= 0.6 is 27.5 Å². The first-order chi connectivity index (χ1) is 14.9. The molecular weight excluding hydrogens is 476 g/mol. The molecule has 0 N–H and O–H groups in total. The molecule has 0 saturated carbocycles. The normalized spacial score (nSPS) is 11.2. The molecule has 31 heavy (non-hydrogen) atoms. The minimum Gasteiger partial charge on any atom is -0.496 e. The smallest absolute Gasteiger partial charge is 0.185 e. The SMILES string of the molecule is COc1ccc(/C=C/C(=O)c2ccc(C(C)C)cc2)cc1COc1ccc(Cl)cc1Br. The van der Waals surface area contributed by atoms with Crippen LogP contribution in [0, 0.1) is 0 Å². The third-order valence-corrected chi connectivity index (χ3v) is 5.73. The molecule has 0 spiro atoms. The van der Waals surface area contributed by atoms with Gasteiger partial charge in [0, 0.05) is 16.1 Å². The number of ketones is 1. The Morgan fingerprint density at radius 2 is 1.74 bits per heavy atom. The summed E-state index contributed by atoms with van der Waals surface area (Å²) >= 11 is 9.44. The van der Waals surface area contributed by atoms with E-state index in [4.69, 9.17) is 21.1 Å². The number of carbonyl (C=O) groups is 1. The molecule has 0 aliphatic heterocycles. The van der Waals surface area contributed by atoms with Crippen molar-refractivity contribution in [2.45, 2.75) is 26.4 Å². The van der Waals surface area contributed by atoms with E-state index in [0.29, 0.717) is 28.9 Å². The van der Waals surface area contributed by atoms with Crippen LogP contribution in [0.3, 0.4) is 0 Å². The quantitative estimate of drug-likeness (QED) is 0.235. The minimum absolute atomic E-state index is 0.0333. The monoisotopic (exact) mass is 498 g/mol. The summed E-state index contributed by atoms with van der Waals surface area (Å²) in [6.45, 7) is 4.58. The van der Waals surface area contributed by atoms with E-state index >= 15 is 0 Å². The van der Waals surface area contributed by atoms with Gasteiger partial charge in [0.2, 0.25) is 0 Å². The van der Waals surface area contributed by atoms with E-state index in [9.17, 15) is 4.79 Å². The fourth-order valence-corrected chi connectivity index (χ4v) is 3.86. The molecule has 0 aliphatic rings. The van der Waals surface area contributed by atoms with Crippen molar-refractivity contribution in [2.75, 3.05) is 7.11 Å². The van der Waals surface area contributed by atoms with Crippen molar-refractivity contribution in [3.63, 3.8) is 0 Å². The van der Waals surface area contributed by atoms with Gasteiger partial charge in [0.25, 0.3) is 0 Å². The maximum Gasteiger partial charge on any atom is 0.185 e. The lowest BCUT2D eigenvalue weighted by molar-refractivity contribution is 0.104. The van der Waals surface area contributed by atoms with Crippen LogP contribution in [-0.2, 0) is 6.61 Å². The molecular formula is C26H24BrClO3. The van der Waals surface area contributed by atoms with Gasteiger partial charge in [-0.1, -0.05) is 61.9 Å². The molecule has 5 heteroatoms. The highest BCUT2D eigenvalue weighted by atomic mass is 79.9. The Morgan fingerprint density at radius 1 is 1.03 bits per heavy atom. The molecule has 3 aromatic rings. The zero-order chi connectivity index (χ0) is 22.4. The van der Waals surface area contributed by atoms with E-state index in [1.165, 1.54) is 5.56 Å². The molecule has 3 aromatic carbocycles. The lowest BCUT2D eigenvalue weighted by atomic mass is 10.00.